The molecule has 2 aromatic rings. The molecule has 0 saturated carbocycles. The molecule has 0 aromatic heterocycles. The minimum absolute atomic E-state index is 0.0576. The standard InChI is InChI=1S/C25H24BrNO5/c1-25(2)31-21-19(13-14-27-22(28)17-5-3-4-6-18(17)23(27)29)20(30-24(21)32-25)12-9-15-7-10-16(26)11-8-15/h3-12,19-21,24H,13-14H2,1-2H3/t19-,20-,21-,24-/m0/s1. The number of hydrogen-bond acceptors (Lipinski definition) is 5. The number of rotatable bonds is 5. The number of carbonyl (C=O) groups is 2. The first kappa shape index (κ1) is 21.5. The number of amides is 2. The molecule has 2 saturated heterocycles. The minimum Gasteiger partial charge on any atom is -0.342 e. The summed E-state index contributed by atoms with van der Waals surface area (Å²) in [6.07, 6.45) is 3.59. The fourth-order valence-corrected chi connectivity index (χ4v) is 4.88. The Morgan fingerprint density at radius 3 is 2.31 bits per heavy atom. The predicted molar refractivity (Wildman–Crippen MR) is 122 cm³/mol. The number of benzene rings is 2. The van der Waals surface area contributed by atoms with Gasteiger partial charge in [-0.1, -0.05) is 52.3 Å². The number of nitrogens with zero attached hydrogens (tertiary/aromatic N) is 1. The second kappa shape index (κ2) is 8.23. The molecule has 4 atom stereocenters. The summed E-state index contributed by atoms with van der Waals surface area (Å²) in [6.45, 7) is 4.03. The molecule has 3 aliphatic heterocycles. The molecule has 2 amide bonds. The van der Waals surface area contributed by atoms with Crippen LogP contribution in [0.5, 0.6) is 0 Å². The zero-order valence-corrected chi connectivity index (χ0v) is 19.4. The summed E-state index contributed by atoms with van der Waals surface area (Å²) in [5.74, 6) is -1.28. The maximum atomic E-state index is 12.8. The van der Waals surface area contributed by atoms with E-state index in [2.05, 4.69) is 15.9 Å². The minimum atomic E-state index is -0.733. The highest BCUT2D eigenvalue weighted by atomic mass is 79.9. The maximum Gasteiger partial charge on any atom is 0.261 e. The van der Waals surface area contributed by atoms with Gasteiger partial charge in [-0.2, -0.15) is 0 Å². The van der Waals surface area contributed by atoms with Crippen LogP contribution >= 0.6 is 15.9 Å². The van der Waals surface area contributed by atoms with Crippen molar-refractivity contribution >= 4 is 33.8 Å². The quantitative estimate of drug-likeness (QED) is 0.562. The maximum absolute atomic E-state index is 12.8. The van der Waals surface area contributed by atoms with Crippen LogP contribution in [0, 0.1) is 5.92 Å². The number of halogens is 1. The molecule has 0 bridgehead atoms. The summed E-state index contributed by atoms with van der Waals surface area (Å²) < 4.78 is 19.3. The van der Waals surface area contributed by atoms with Crippen molar-refractivity contribution < 1.29 is 23.8 Å². The van der Waals surface area contributed by atoms with E-state index in [4.69, 9.17) is 14.2 Å². The number of imide groups is 1. The van der Waals surface area contributed by atoms with E-state index in [-0.39, 0.29) is 29.9 Å². The van der Waals surface area contributed by atoms with E-state index in [0.29, 0.717) is 24.1 Å². The molecule has 2 fully saturated rings. The molecule has 0 unspecified atom stereocenters. The van der Waals surface area contributed by atoms with Crippen molar-refractivity contribution in [3.8, 4) is 0 Å². The molecule has 3 aliphatic rings. The summed E-state index contributed by atoms with van der Waals surface area (Å²) in [5, 5.41) is 0. The van der Waals surface area contributed by atoms with Crippen molar-refractivity contribution in [2.45, 2.75) is 44.6 Å². The van der Waals surface area contributed by atoms with Gasteiger partial charge in [-0.15, -0.1) is 0 Å². The topological polar surface area (TPSA) is 65.1 Å². The molecule has 0 N–H and O–H groups in total. The SMILES string of the molecule is CC1(C)O[C@@H]2O[C@@H](C=Cc3ccc(Br)cc3)[C@H](CCN3C(=O)c4ccccc4C3=O)[C@@H]2O1. The van der Waals surface area contributed by atoms with Gasteiger partial charge in [-0.25, -0.2) is 0 Å². The molecule has 32 heavy (non-hydrogen) atoms. The summed E-state index contributed by atoms with van der Waals surface area (Å²) >= 11 is 3.45. The Bertz CT molecular complexity index is 1040. The summed E-state index contributed by atoms with van der Waals surface area (Å²) in [7, 11) is 0. The van der Waals surface area contributed by atoms with Gasteiger partial charge in [0.15, 0.2) is 12.1 Å². The number of ether oxygens (including phenoxy) is 3. The Kier molecular flexibility index (Phi) is 5.53. The third kappa shape index (κ3) is 3.94. The molecular formula is C25H24BrNO5. The molecule has 2 aromatic carbocycles. The number of fused-ring (bicyclic) bond motifs is 2. The molecule has 0 aliphatic carbocycles. The molecule has 6 nitrogen and oxygen atoms in total. The largest absolute Gasteiger partial charge is 0.342 e. The zero-order chi connectivity index (χ0) is 22.5. The lowest BCUT2D eigenvalue weighted by Crippen LogP contribution is -2.36. The van der Waals surface area contributed by atoms with Gasteiger partial charge in [-0.05, 0) is 50.1 Å². The first-order chi connectivity index (χ1) is 15.3. The molecule has 0 radical (unpaired) electrons. The van der Waals surface area contributed by atoms with Gasteiger partial charge in [-0.3, -0.25) is 14.5 Å². The highest BCUT2D eigenvalue weighted by Crippen LogP contribution is 2.43. The number of carbonyl (C=O) groups excluding carboxylic acids is 2. The molecule has 5 rings (SSSR count). The first-order valence-corrected chi connectivity index (χ1v) is 11.5. The Labute approximate surface area is 195 Å². The third-order valence-corrected chi connectivity index (χ3v) is 6.66. The van der Waals surface area contributed by atoms with Gasteiger partial charge in [0.25, 0.3) is 11.8 Å². The average Bonchev–Trinajstić information content (AvgIpc) is 3.32. The van der Waals surface area contributed by atoms with Gasteiger partial charge >= 0.3 is 0 Å². The van der Waals surface area contributed by atoms with Crippen molar-refractivity contribution in [2.75, 3.05) is 6.54 Å². The van der Waals surface area contributed by atoms with Gasteiger partial charge in [0, 0.05) is 16.9 Å². The van der Waals surface area contributed by atoms with E-state index in [0.717, 1.165) is 10.0 Å². The van der Waals surface area contributed by atoms with Crippen LogP contribution in [-0.4, -0.2) is 47.5 Å². The van der Waals surface area contributed by atoms with Crippen LogP contribution in [0.25, 0.3) is 6.08 Å². The Morgan fingerprint density at radius 1 is 1.00 bits per heavy atom. The Balaban J connectivity index is 1.33. The lowest BCUT2D eigenvalue weighted by molar-refractivity contribution is -0.205. The highest BCUT2D eigenvalue weighted by Gasteiger charge is 2.54. The van der Waals surface area contributed by atoms with E-state index in [1.54, 1.807) is 24.3 Å². The van der Waals surface area contributed by atoms with Crippen molar-refractivity contribution in [2.24, 2.45) is 5.92 Å². The van der Waals surface area contributed by atoms with Crippen LogP contribution < -0.4 is 0 Å². The van der Waals surface area contributed by atoms with Gasteiger partial charge in [0.2, 0.25) is 0 Å². The van der Waals surface area contributed by atoms with E-state index < -0.39 is 12.1 Å². The fraction of sp³-hybridized carbons (Fsp3) is 0.360. The normalized spacial score (nSPS) is 28.5. The van der Waals surface area contributed by atoms with Crippen LogP contribution in [0.4, 0.5) is 0 Å². The lowest BCUT2D eigenvalue weighted by Gasteiger charge is -2.25. The molecule has 3 heterocycles. The molecule has 166 valence electrons. The van der Waals surface area contributed by atoms with E-state index in [1.165, 1.54) is 4.90 Å². The summed E-state index contributed by atoms with van der Waals surface area (Å²) in [5.41, 5.74) is 1.98. The Hall–Kier alpha value is -2.32. The second-order valence-electron chi connectivity index (χ2n) is 8.74. The number of hydrogen-bond donors (Lipinski definition) is 0. The van der Waals surface area contributed by atoms with Crippen LogP contribution in [-0.2, 0) is 14.2 Å². The molecule has 7 heteroatoms. The second-order valence-corrected chi connectivity index (χ2v) is 9.66. The fourth-order valence-electron chi connectivity index (χ4n) is 4.61. The van der Waals surface area contributed by atoms with E-state index in [9.17, 15) is 9.59 Å². The smallest absolute Gasteiger partial charge is 0.261 e. The van der Waals surface area contributed by atoms with Crippen molar-refractivity contribution in [1.29, 1.82) is 0 Å². The molecular weight excluding hydrogens is 474 g/mol. The van der Waals surface area contributed by atoms with Gasteiger partial charge < -0.3 is 14.2 Å². The van der Waals surface area contributed by atoms with Crippen LogP contribution in [0.1, 0.15) is 46.5 Å². The van der Waals surface area contributed by atoms with Crippen LogP contribution in [0.3, 0.4) is 0 Å². The molecule has 0 spiro atoms. The van der Waals surface area contributed by atoms with E-state index >= 15 is 0 Å². The lowest BCUT2D eigenvalue weighted by atomic mass is 9.93. The van der Waals surface area contributed by atoms with Crippen LogP contribution in [0.15, 0.2) is 59.1 Å². The van der Waals surface area contributed by atoms with Gasteiger partial charge in [0.05, 0.1) is 17.2 Å². The predicted octanol–water partition coefficient (Wildman–Crippen LogP) is 4.64. The summed E-state index contributed by atoms with van der Waals surface area (Å²) in [4.78, 5) is 26.9. The van der Waals surface area contributed by atoms with Crippen LogP contribution in [0.2, 0.25) is 0 Å². The van der Waals surface area contributed by atoms with Crippen molar-refractivity contribution in [3.63, 3.8) is 0 Å². The van der Waals surface area contributed by atoms with Crippen molar-refractivity contribution in [1.82, 2.24) is 4.90 Å². The average molecular weight is 498 g/mol. The monoisotopic (exact) mass is 497 g/mol. The van der Waals surface area contributed by atoms with Gasteiger partial charge in [0.1, 0.15) is 6.10 Å². The third-order valence-electron chi connectivity index (χ3n) is 6.14. The van der Waals surface area contributed by atoms with Crippen molar-refractivity contribution in [3.05, 3.63) is 75.8 Å². The first-order valence-electron chi connectivity index (χ1n) is 10.7. The zero-order valence-electron chi connectivity index (χ0n) is 17.9. The Morgan fingerprint density at radius 2 is 1.66 bits per heavy atom. The van der Waals surface area contributed by atoms with E-state index in [1.807, 2.05) is 50.3 Å². The summed E-state index contributed by atoms with van der Waals surface area (Å²) in [6, 6.07) is 14.9. The highest BCUT2D eigenvalue weighted by molar-refractivity contribution is 9.10.